The second kappa shape index (κ2) is 13.2. The monoisotopic (exact) mass is 830 g/mol. The molecule has 2 atom stereocenters. The minimum atomic E-state index is -4.12. The molecule has 0 fully saturated rings. The third kappa shape index (κ3) is 4.96. The summed E-state index contributed by atoms with van der Waals surface area (Å²) in [6, 6.07) is 61.0. The fourth-order valence-corrected chi connectivity index (χ4v) is 67.1. The Bertz CT molecular complexity index is 1960. The van der Waals surface area contributed by atoms with Crippen LogP contribution in [0.3, 0.4) is 0 Å². The predicted octanol–water partition coefficient (Wildman–Crippen LogP) is 9.83. The summed E-state index contributed by atoms with van der Waals surface area (Å²) in [5.74, 6) is -1.88. The van der Waals surface area contributed by atoms with Crippen molar-refractivity contribution in [3.05, 3.63) is 203 Å². The van der Waals surface area contributed by atoms with Crippen molar-refractivity contribution in [3.8, 4) is 11.1 Å². The van der Waals surface area contributed by atoms with Crippen LogP contribution in [0, 0.1) is 0 Å². The Morgan fingerprint density at radius 2 is 0.745 bits per heavy atom. The van der Waals surface area contributed by atoms with E-state index < -0.39 is 25.1 Å². The maximum atomic E-state index is 2.68. The molecule has 0 aliphatic heterocycles. The van der Waals surface area contributed by atoms with E-state index in [0.29, 0.717) is 11.0 Å². The maximum Gasteiger partial charge on any atom is -0.147 e. The fourth-order valence-electron chi connectivity index (χ4n) is 9.20. The van der Waals surface area contributed by atoms with Crippen LogP contribution in [0.25, 0.3) is 23.3 Å². The molecule has 0 radical (unpaired) electrons. The van der Waals surface area contributed by atoms with Crippen LogP contribution in [0.1, 0.15) is 44.4 Å². The van der Waals surface area contributed by atoms with Crippen molar-refractivity contribution >= 4 is 53.3 Å². The van der Waals surface area contributed by atoms with Crippen LogP contribution in [0.4, 0.5) is 0 Å². The van der Waals surface area contributed by atoms with E-state index >= 15 is 0 Å². The fraction of sp³-hybridized carbons (Fsp3) is 0.0698. The average Bonchev–Trinajstić information content (AvgIpc) is 3.83. The SMILES string of the molecule is C1=C[CH]([Hf]([CH]2C=Cc3ccccc32)([CH]2c3ccccc3-c3ccccc32)[SiH](c2ccccc2)c2ccccc2)c2ccccc21.Cl.Cl. The first-order valence-corrected chi connectivity index (χ1v) is 30.4. The summed E-state index contributed by atoms with van der Waals surface area (Å²) < 4.78 is 1.30. The van der Waals surface area contributed by atoms with Gasteiger partial charge in [0.25, 0.3) is 0 Å². The van der Waals surface area contributed by atoms with Crippen molar-refractivity contribution in [2.24, 2.45) is 0 Å². The summed E-state index contributed by atoms with van der Waals surface area (Å²) >= 11 is -4.12. The van der Waals surface area contributed by atoms with E-state index in [1.165, 1.54) is 22.3 Å². The van der Waals surface area contributed by atoms with Gasteiger partial charge in [0, 0.05) is 0 Å². The van der Waals surface area contributed by atoms with Gasteiger partial charge in [0.05, 0.1) is 0 Å². The van der Waals surface area contributed by atoms with Gasteiger partial charge in [-0.2, -0.15) is 0 Å². The molecule has 47 heavy (non-hydrogen) atoms. The summed E-state index contributed by atoms with van der Waals surface area (Å²) in [4.78, 5) is 0. The molecule has 9 rings (SSSR count). The van der Waals surface area contributed by atoms with Crippen LogP contribution in [0.2, 0.25) is 0 Å². The largest absolute Gasteiger partial charge is 0.147 e. The minimum Gasteiger partial charge on any atom is -0.147 e. The van der Waals surface area contributed by atoms with Gasteiger partial charge in [-0.15, -0.1) is 24.8 Å². The molecule has 2 unspecified atom stereocenters. The number of rotatable bonds is 6. The molecule has 0 saturated carbocycles. The molecule has 3 aliphatic carbocycles. The molecular formula is C43H36Cl2HfSi. The van der Waals surface area contributed by atoms with Gasteiger partial charge in [0.15, 0.2) is 0 Å². The molecule has 3 aliphatic rings. The van der Waals surface area contributed by atoms with Gasteiger partial charge in [-0.1, -0.05) is 0 Å². The van der Waals surface area contributed by atoms with Gasteiger partial charge in [-0.05, 0) is 0 Å². The number of hydrogen-bond acceptors (Lipinski definition) is 0. The van der Waals surface area contributed by atoms with Gasteiger partial charge < -0.3 is 0 Å². The molecule has 0 N–H and O–H groups in total. The Hall–Kier alpha value is -3.53. The van der Waals surface area contributed by atoms with E-state index in [2.05, 4.69) is 182 Å². The zero-order valence-electron chi connectivity index (χ0n) is 25.9. The van der Waals surface area contributed by atoms with Crippen LogP contribution < -0.4 is 10.4 Å². The minimum absolute atomic E-state index is 0. The summed E-state index contributed by atoms with van der Waals surface area (Å²) in [5.41, 5.74) is 12.0. The van der Waals surface area contributed by atoms with Crippen molar-refractivity contribution < 1.29 is 19.1 Å². The molecule has 0 saturated heterocycles. The first kappa shape index (κ1) is 32.0. The quantitative estimate of drug-likeness (QED) is 0.147. The topological polar surface area (TPSA) is 0 Å². The third-order valence-corrected chi connectivity index (χ3v) is 57.6. The van der Waals surface area contributed by atoms with E-state index in [0.717, 1.165) is 0 Å². The van der Waals surface area contributed by atoms with Crippen molar-refractivity contribution in [1.29, 1.82) is 0 Å². The van der Waals surface area contributed by atoms with Crippen LogP contribution in [0.15, 0.2) is 170 Å². The van der Waals surface area contributed by atoms with Gasteiger partial charge in [0.1, 0.15) is 0 Å². The van der Waals surface area contributed by atoms with Crippen LogP contribution >= 0.6 is 24.8 Å². The molecule has 6 aromatic rings. The summed E-state index contributed by atoms with van der Waals surface area (Å²) in [6.07, 6.45) is 10.3. The second-order valence-electron chi connectivity index (χ2n) is 12.8. The van der Waals surface area contributed by atoms with E-state index in [1.54, 1.807) is 32.6 Å². The standard InChI is InChI=1S/C13H9.C12H11Si.2C9H7.2ClH.Hf/c1-3-7-12-10(5-1)9-11-6-2-4-8-13(11)12;1-3-7-11(8-4-1)13-12-9-5-2-6-10-12;2*1-2-5-9-7-3-6-8(9)4-1;;;/h1-9H;1-10,13H;2*1-7H;2*1H;. The van der Waals surface area contributed by atoms with Crippen molar-refractivity contribution in [2.45, 2.75) is 11.0 Å². The van der Waals surface area contributed by atoms with Gasteiger partial charge in [0.2, 0.25) is 0 Å². The Labute approximate surface area is 295 Å². The number of allylic oxidation sites excluding steroid dienone is 2. The average molecular weight is 830 g/mol. The summed E-state index contributed by atoms with van der Waals surface area (Å²) in [7, 11) is 0. The van der Waals surface area contributed by atoms with E-state index in [9.17, 15) is 0 Å². The first-order chi connectivity index (χ1) is 22.4. The predicted molar refractivity (Wildman–Crippen MR) is 204 cm³/mol. The molecule has 0 aromatic heterocycles. The molecule has 6 aromatic carbocycles. The van der Waals surface area contributed by atoms with Crippen LogP contribution in [-0.4, -0.2) is 5.98 Å². The number of benzene rings is 6. The molecular weight excluding hydrogens is 794 g/mol. The summed E-state index contributed by atoms with van der Waals surface area (Å²) in [6.45, 7) is 0. The molecule has 0 nitrogen and oxygen atoms in total. The normalized spacial score (nSPS) is 18.0. The van der Waals surface area contributed by atoms with E-state index in [4.69, 9.17) is 0 Å². The number of hydrogen-bond donors (Lipinski definition) is 0. The van der Waals surface area contributed by atoms with Crippen LogP contribution in [0.5, 0.6) is 0 Å². The molecule has 0 heterocycles. The van der Waals surface area contributed by atoms with Crippen molar-refractivity contribution in [3.63, 3.8) is 0 Å². The Morgan fingerprint density at radius 3 is 1.19 bits per heavy atom. The third-order valence-electron chi connectivity index (χ3n) is 10.8. The number of fused-ring (bicyclic) bond motifs is 5. The molecule has 0 bridgehead atoms. The van der Waals surface area contributed by atoms with Crippen molar-refractivity contribution in [2.75, 3.05) is 0 Å². The Morgan fingerprint density at radius 1 is 0.383 bits per heavy atom. The van der Waals surface area contributed by atoms with Gasteiger partial charge in [-0.3, -0.25) is 0 Å². The zero-order chi connectivity index (χ0) is 29.8. The smallest absolute Gasteiger partial charge is 0.147 e. The van der Waals surface area contributed by atoms with Crippen molar-refractivity contribution in [1.82, 2.24) is 0 Å². The molecule has 0 amide bonds. The molecule has 0 spiro atoms. The van der Waals surface area contributed by atoms with Crippen LogP contribution in [-0.2, 0) is 19.1 Å². The number of halogens is 2. The van der Waals surface area contributed by atoms with Gasteiger partial charge >= 0.3 is 273 Å². The molecule has 230 valence electrons. The Kier molecular flexibility index (Phi) is 8.98. The van der Waals surface area contributed by atoms with E-state index in [1.807, 2.05) is 0 Å². The zero-order valence-corrected chi connectivity index (χ0v) is 32.3. The molecule has 4 heteroatoms. The first-order valence-electron chi connectivity index (χ1n) is 16.2. The van der Waals surface area contributed by atoms with E-state index in [-0.39, 0.29) is 24.8 Å². The Balaban J connectivity index is 0.00000176. The maximum absolute atomic E-state index is 4.12. The summed E-state index contributed by atoms with van der Waals surface area (Å²) in [5, 5.41) is 3.20. The second-order valence-corrected chi connectivity index (χ2v) is 43.1. The van der Waals surface area contributed by atoms with Gasteiger partial charge in [-0.25, -0.2) is 0 Å².